The monoisotopic (exact) mass is 297 g/mol. The van der Waals surface area contributed by atoms with Gasteiger partial charge in [0.1, 0.15) is 5.82 Å². The van der Waals surface area contributed by atoms with Gasteiger partial charge < -0.3 is 15.3 Å². The number of aromatic nitrogens is 1. The topological polar surface area (TPSA) is 65.5 Å². The summed E-state index contributed by atoms with van der Waals surface area (Å²) in [7, 11) is 4.18. The normalized spacial score (nSPS) is 17.4. The maximum atomic E-state index is 11.1. The molecule has 0 unspecified atom stereocenters. The minimum Gasteiger partial charge on any atom is -0.478 e. The van der Waals surface area contributed by atoms with E-state index in [4.69, 9.17) is 16.7 Å². The number of hydrogen-bond donors (Lipinski definition) is 2. The van der Waals surface area contributed by atoms with E-state index in [2.05, 4.69) is 29.3 Å². The van der Waals surface area contributed by atoms with Crippen molar-refractivity contribution in [2.75, 3.05) is 26.0 Å². The summed E-state index contributed by atoms with van der Waals surface area (Å²) in [5.74, 6) is -0.483. The first-order chi connectivity index (χ1) is 9.44. The Labute approximate surface area is 123 Å². The van der Waals surface area contributed by atoms with E-state index < -0.39 is 5.97 Å². The highest BCUT2D eigenvalue weighted by molar-refractivity contribution is 6.33. The summed E-state index contributed by atoms with van der Waals surface area (Å²) >= 11 is 5.82. The zero-order valence-electron chi connectivity index (χ0n) is 11.8. The predicted molar refractivity (Wildman–Crippen MR) is 79.6 cm³/mol. The van der Waals surface area contributed by atoms with Gasteiger partial charge in [0.2, 0.25) is 0 Å². The lowest BCUT2D eigenvalue weighted by atomic mass is 9.96. The van der Waals surface area contributed by atoms with Gasteiger partial charge in [0.25, 0.3) is 0 Å². The molecule has 0 bridgehead atoms. The number of anilines is 1. The third-order valence-electron chi connectivity index (χ3n) is 4.17. The number of aromatic carboxylic acids is 1. The van der Waals surface area contributed by atoms with E-state index >= 15 is 0 Å². The van der Waals surface area contributed by atoms with E-state index in [1.54, 1.807) is 0 Å². The number of pyridine rings is 1. The number of carboxylic acid groups (broad SMARTS) is 1. The van der Waals surface area contributed by atoms with Crippen LogP contribution in [0, 0.1) is 0 Å². The molecule has 20 heavy (non-hydrogen) atoms. The largest absolute Gasteiger partial charge is 0.478 e. The average molecular weight is 298 g/mol. The third-order valence-corrected chi connectivity index (χ3v) is 4.47. The third kappa shape index (κ3) is 3.04. The van der Waals surface area contributed by atoms with Crippen molar-refractivity contribution in [2.45, 2.75) is 31.2 Å². The van der Waals surface area contributed by atoms with Gasteiger partial charge in [-0.25, -0.2) is 9.78 Å². The summed E-state index contributed by atoms with van der Waals surface area (Å²) in [6.45, 7) is 0.758. The summed E-state index contributed by atoms with van der Waals surface area (Å²) < 4.78 is 0. The Morgan fingerprint density at radius 2 is 2.15 bits per heavy atom. The molecule has 0 spiro atoms. The van der Waals surface area contributed by atoms with Gasteiger partial charge in [0.15, 0.2) is 0 Å². The summed E-state index contributed by atoms with van der Waals surface area (Å²) in [6, 6.07) is 1.49. The van der Waals surface area contributed by atoms with E-state index in [-0.39, 0.29) is 16.1 Å². The lowest BCUT2D eigenvalue weighted by Gasteiger charge is -2.36. The molecule has 0 atom stereocenters. The van der Waals surface area contributed by atoms with Crippen LogP contribution >= 0.6 is 11.6 Å². The number of rotatable bonds is 5. The molecule has 0 amide bonds. The van der Waals surface area contributed by atoms with Gasteiger partial charge in [-0.3, -0.25) is 0 Å². The Bertz CT molecular complexity index is 499. The summed E-state index contributed by atoms with van der Waals surface area (Å²) in [5.41, 5.74) is 0.208. The highest BCUT2D eigenvalue weighted by atomic mass is 35.5. The van der Waals surface area contributed by atoms with E-state index in [0.29, 0.717) is 5.82 Å². The fraction of sp³-hybridized carbons (Fsp3) is 0.571. The van der Waals surface area contributed by atoms with Crippen LogP contribution in [-0.2, 0) is 0 Å². The zero-order valence-corrected chi connectivity index (χ0v) is 12.6. The van der Waals surface area contributed by atoms with Gasteiger partial charge in [0, 0.05) is 18.3 Å². The van der Waals surface area contributed by atoms with Crippen LogP contribution in [0.15, 0.2) is 12.3 Å². The molecule has 0 radical (unpaired) electrons. The number of halogens is 1. The first kappa shape index (κ1) is 15.1. The van der Waals surface area contributed by atoms with Crippen LogP contribution in [0.5, 0.6) is 0 Å². The number of nitrogens with zero attached hydrogens (tertiary/aromatic N) is 2. The van der Waals surface area contributed by atoms with Gasteiger partial charge in [-0.15, -0.1) is 0 Å². The van der Waals surface area contributed by atoms with Gasteiger partial charge >= 0.3 is 5.97 Å². The Morgan fingerprint density at radius 1 is 1.50 bits per heavy atom. The van der Waals surface area contributed by atoms with Crippen molar-refractivity contribution < 1.29 is 9.90 Å². The molecule has 1 saturated carbocycles. The maximum Gasteiger partial charge on any atom is 0.337 e. The second kappa shape index (κ2) is 5.97. The summed E-state index contributed by atoms with van der Waals surface area (Å²) in [5, 5.41) is 12.5. The Hall–Kier alpha value is -1.33. The van der Waals surface area contributed by atoms with Gasteiger partial charge in [0.05, 0.1) is 10.6 Å². The smallest absolute Gasteiger partial charge is 0.337 e. The number of nitrogens with one attached hydrogen (secondary N) is 1. The molecular formula is C14H20ClN3O2. The Morgan fingerprint density at radius 3 is 2.70 bits per heavy atom. The van der Waals surface area contributed by atoms with E-state index in [9.17, 15) is 4.79 Å². The predicted octanol–water partition coefficient (Wildman–Crippen LogP) is 2.72. The molecule has 0 aromatic carbocycles. The average Bonchev–Trinajstić information content (AvgIpc) is 2.87. The molecule has 0 saturated heterocycles. The molecule has 1 aromatic rings. The minimum atomic E-state index is -1.04. The van der Waals surface area contributed by atoms with Crippen molar-refractivity contribution in [2.24, 2.45) is 0 Å². The standard InChI is InChI=1S/C14H20ClN3O2/c1-18(2)14(5-3-4-6-14)9-17-12-7-10(13(19)20)11(15)8-16-12/h7-8H,3-6,9H2,1-2H3,(H,16,17)(H,19,20). The number of carboxylic acids is 1. The first-order valence-corrected chi connectivity index (χ1v) is 7.12. The van der Waals surface area contributed by atoms with Crippen molar-refractivity contribution in [3.05, 3.63) is 22.8 Å². The highest BCUT2D eigenvalue weighted by Gasteiger charge is 2.35. The van der Waals surface area contributed by atoms with Crippen molar-refractivity contribution in [3.8, 4) is 0 Å². The molecular weight excluding hydrogens is 278 g/mol. The SMILES string of the molecule is CN(C)C1(CNc2cc(C(=O)O)c(Cl)cn2)CCCC1. The Balaban J connectivity index is 2.10. The second-order valence-corrected chi connectivity index (χ2v) is 5.94. The highest BCUT2D eigenvalue weighted by Crippen LogP contribution is 2.34. The van der Waals surface area contributed by atoms with E-state index in [1.807, 2.05) is 0 Å². The van der Waals surface area contributed by atoms with Crippen molar-refractivity contribution in [3.63, 3.8) is 0 Å². The lowest BCUT2D eigenvalue weighted by molar-refractivity contribution is 0.0697. The number of carbonyl (C=O) groups is 1. The maximum absolute atomic E-state index is 11.1. The zero-order chi connectivity index (χ0) is 14.8. The lowest BCUT2D eigenvalue weighted by Crippen LogP contribution is -2.47. The minimum absolute atomic E-state index is 0.0782. The fourth-order valence-electron chi connectivity index (χ4n) is 2.77. The van der Waals surface area contributed by atoms with Crippen LogP contribution in [0.25, 0.3) is 0 Å². The molecule has 1 fully saturated rings. The molecule has 1 aliphatic rings. The van der Waals surface area contributed by atoms with Crippen LogP contribution in [0.1, 0.15) is 36.0 Å². The molecule has 2 rings (SSSR count). The van der Waals surface area contributed by atoms with Crippen molar-refractivity contribution >= 4 is 23.4 Å². The van der Waals surface area contributed by atoms with Crippen LogP contribution < -0.4 is 5.32 Å². The molecule has 0 aliphatic heterocycles. The quantitative estimate of drug-likeness (QED) is 0.875. The van der Waals surface area contributed by atoms with Gasteiger partial charge in [-0.1, -0.05) is 24.4 Å². The molecule has 1 aliphatic carbocycles. The van der Waals surface area contributed by atoms with Crippen molar-refractivity contribution in [1.29, 1.82) is 0 Å². The number of hydrogen-bond acceptors (Lipinski definition) is 4. The first-order valence-electron chi connectivity index (χ1n) is 6.75. The van der Waals surface area contributed by atoms with E-state index in [1.165, 1.54) is 25.1 Å². The molecule has 110 valence electrons. The fourth-order valence-corrected chi connectivity index (χ4v) is 2.95. The van der Waals surface area contributed by atoms with Gasteiger partial charge in [-0.2, -0.15) is 0 Å². The van der Waals surface area contributed by atoms with Crippen molar-refractivity contribution in [1.82, 2.24) is 9.88 Å². The van der Waals surface area contributed by atoms with Crippen LogP contribution in [0.4, 0.5) is 5.82 Å². The van der Waals surface area contributed by atoms with Crippen LogP contribution in [0.2, 0.25) is 5.02 Å². The number of likely N-dealkylation sites (N-methyl/N-ethyl adjacent to an activating group) is 1. The molecule has 6 heteroatoms. The molecule has 1 heterocycles. The molecule has 2 N–H and O–H groups in total. The molecule has 1 aromatic heterocycles. The van der Waals surface area contributed by atoms with Gasteiger partial charge in [-0.05, 0) is 33.0 Å². The molecule has 5 nitrogen and oxygen atoms in total. The van der Waals surface area contributed by atoms with Crippen LogP contribution in [0.3, 0.4) is 0 Å². The van der Waals surface area contributed by atoms with E-state index in [0.717, 1.165) is 19.4 Å². The van der Waals surface area contributed by atoms with Crippen LogP contribution in [-0.4, -0.2) is 47.1 Å². The Kier molecular flexibility index (Phi) is 4.50. The summed E-state index contributed by atoms with van der Waals surface area (Å²) in [6.07, 6.45) is 6.13. The second-order valence-electron chi connectivity index (χ2n) is 5.53. The summed E-state index contributed by atoms with van der Waals surface area (Å²) in [4.78, 5) is 17.5.